The third-order valence-electron chi connectivity index (χ3n) is 2.48. The number of thiocarbonyl (C=S) groups is 1. The van der Waals surface area contributed by atoms with Crippen molar-refractivity contribution in [3.63, 3.8) is 0 Å². The molecule has 0 aromatic heterocycles. The Balaban J connectivity index is 3.01. The molecule has 1 amide bonds. The van der Waals surface area contributed by atoms with E-state index in [1.54, 1.807) is 4.90 Å². The van der Waals surface area contributed by atoms with Crippen LogP contribution in [-0.2, 0) is 0 Å². The van der Waals surface area contributed by atoms with Gasteiger partial charge in [-0.05, 0) is 41.4 Å². The highest BCUT2D eigenvalue weighted by Crippen LogP contribution is 2.20. The first-order valence-corrected chi connectivity index (χ1v) is 6.99. The van der Waals surface area contributed by atoms with Crippen LogP contribution in [0.5, 0.6) is 0 Å². The van der Waals surface area contributed by atoms with Gasteiger partial charge < -0.3 is 10.6 Å². The van der Waals surface area contributed by atoms with Gasteiger partial charge in [-0.2, -0.15) is 0 Å². The number of amides is 1. The molecule has 0 spiro atoms. The zero-order chi connectivity index (χ0) is 13.7. The zero-order valence-electron chi connectivity index (χ0n) is 10.6. The van der Waals surface area contributed by atoms with Gasteiger partial charge in [-0.15, -0.1) is 0 Å². The molecule has 0 aliphatic rings. The maximum absolute atomic E-state index is 12.4. The molecule has 0 aliphatic heterocycles. The molecule has 0 heterocycles. The topological polar surface area (TPSA) is 46.3 Å². The van der Waals surface area contributed by atoms with E-state index in [0.29, 0.717) is 23.6 Å². The van der Waals surface area contributed by atoms with E-state index in [1.807, 2.05) is 32.0 Å². The second-order valence-electron chi connectivity index (χ2n) is 4.18. The molecule has 98 valence electrons. The Labute approximate surface area is 121 Å². The molecule has 0 unspecified atom stereocenters. The number of hydrogen-bond donors (Lipinski definition) is 1. The molecule has 0 atom stereocenters. The van der Waals surface area contributed by atoms with Crippen LogP contribution in [0.2, 0.25) is 0 Å². The molecule has 0 fully saturated rings. The third kappa shape index (κ3) is 4.07. The van der Waals surface area contributed by atoms with E-state index in [-0.39, 0.29) is 5.91 Å². The van der Waals surface area contributed by atoms with Gasteiger partial charge in [0.15, 0.2) is 0 Å². The van der Waals surface area contributed by atoms with Crippen molar-refractivity contribution in [1.82, 2.24) is 4.90 Å². The summed E-state index contributed by atoms with van der Waals surface area (Å²) in [6.07, 6.45) is 0.873. The highest BCUT2D eigenvalue weighted by molar-refractivity contribution is 9.10. The summed E-state index contributed by atoms with van der Waals surface area (Å²) < 4.78 is 0.794. The average Bonchev–Trinajstić information content (AvgIpc) is 2.30. The summed E-state index contributed by atoms with van der Waals surface area (Å²) in [4.78, 5) is 14.4. The number of rotatable bonds is 5. The number of benzene rings is 1. The first-order valence-electron chi connectivity index (χ1n) is 5.79. The zero-order valence-corrected chi connectivity index (χ0v) is 13.0. The Kier molecular flexibility index (Phi) is 5.75. The molecule has 1 aromatic rings. The van der Waals surface area contributed by atoms with Gasteiger partial charge in [-0.3, -0.25) is 4.79 Å². The van der Waals surface area contributed by atoms with E-state index < -0.39 is 0 Å². The average molecular weight is 329 g/mol. The monoisotopic (exact) mass is 328 g/mol. The van der Waals surface area contributed by atoms with Gasteiger partial charge in [-0.1, -0.05) is 30.8 Å². The number of carbonyl (C=O) groups excluding carboxylic acids is 1. The Bertz CT molecular complexity index is 462. The number of halogens is 1. The minimum atomic E-state index is -0.0415. The molecule has 2 N–H and O–H groups in total. The highest BCUT2D eigenvalue weighted by atomic mass is 79.9. The van der Waals surface area contributed by atoms with Gasteiger partial charge in [-0.25, -0.2) is 0 Å². The van der Waals surface area contributed by atoms with E-state index >= 15 is 0 Å². The Morgan fingerprint density at radius 3 is 2.72 bits per heavy atom. The molecule has 0 saturated heterocycles. The van der Waals surface area contributed by atoms with E-state index in [1.165, 1.54) is 0 Å². The lowest BCUT2D eigenvalue weighted by molar-refractivity contribution is 0.0779. The minimum absolute atomic E-state index is 0.0415. The van der Waals surface area contributed by atoms with Crippen molar-refractivity contribution in [3.8, 4) is 0 Å². The molecule has 0 bridgehead atoms. The van der Waals surface area contributed by atoms with E-state index in [9.17, 15) is 4.79 Å². The van der Waals surface area contributed by atoms with Crippen LogP contribution in [0.25, 0.3) is 0 Å². The first-order chi connectivity index (χ1) is 8.45. The molecular weight excluding hydrogens is 312 g/mol. The van der Waals surface area contributed by atoms with Crippen molar-refractivity contribution in [2.75, 3.05) is 13.1 Å². The van der Waals surface area contributed by atoms with Crippen LogP contribution in [0.1, 0.15) is 29.3 Å². The Morgan fingerprint density at radius 1 is 1.50 bits per heavy atom. The van der Waals surface area contributed by atoms with Crippen molar-refractivity contribution in [3.05, 3.63) is 33.8 Å². The molecular formula is C13H17BrN2OS. The summed E-state index contributed by atoms with van der Waals surface area (Å²) in [6, 6.07) is 5.71. The summed E-state index contributed by atoms with van der Waals surface area (Å²) in [6.45, 7) is 4.95. The predicted molar refractivity (Wildman–Crippen MR) is 81.9 cm³/mol. The van der Waals surface area contributed by atoms with Crippen LogP contribution in [0, 0.1) is 6.92 Å². The van der Waals surface area contributed by atoms with Crippen LogP contribution in [0.3, 0.4) is 0 Å². The normalized spacial score (nSPS) is 10.2. The minimum Gasteiger partial charge on any atom is -0.392 e. The molecule has 0 saturated carbocycles. The second-order valence-corrected chi connectivity index (χ2v) is 5.56. The number of carbonyl (C=O) groups is 1. The van der Waals surface area contributed by atoms with Crippen molar-refractivity contribution in [2.45, 2.75) is 20.3 Å². The molecule has 5 heteroatoms. The van der Waals surface area contributed by atoms with Gasteiger partial charge >= 0.3 is 0 Å². The number of nitrogens with zero attached hydrogens (tertiary/aromatic N) is 1. The summed E-state index contributed by atoms with van der Waals surface area (Å²) in [5.74, 6) is -0.0415. The Morgan fingerprint density at radius 2 is 2.17 bits per heavy atom. The molecule has 1 aromatic carbocycles. The summed E-state index contributed by atoms with van der Waals surface area (Å²) in [5.41, 5.74) is 7.24. The number of hydrogen-bond acceptors (Lipinski definition) is 2. The molecule has 0 aliphatic carbocycles. The quantitative estimate of drug-likeness (QED) is 0.845. The van der Waals surface area contributed by atoms with Crippen LogP contribution < -0.4 is 5.73 Å². The van der Waals surface area contributed by atoms with Gasteiger partial charge in [0.1, 0.15) is 0 Å². The molecule has 18 heavy (non-hydrogen) atoms. The fraction of sp³-hybridized carbons (Fsp3) is 0.385. The van der Waals surface area contributed by atoms with Gasteiger partial charge in [0.05, 0.1) is 17.1 Å². The van der Waals surface area contributed by atoms with Crippen molar-refractivity contribution in [1.29, 1.82) is 0 Å². The largest absolute Gasteiger partial charge is 0.392 e. The lowest BCUT2D eigenvalue weighted by Crippen LogP contribution is -2.38. The summed E-state index contributed by atoms with van der Waals surface area (Å²) in [5, 5.41) is 0. The predicted octanol–water partition coefficient (Wildman–Crippen LogP) is 2.90. The lowest BCUT2D eigenvalue weighted by Gasteiger charge is -2.22. The van der Waals surface area contributed by atoms with Crippen LogP contribution in [-0.4, -0.2) is 28.9 Å². The summed E-state index contributed by atoms with van der Waals surface area (Å²) in [7, 11) is 0. The van der Waals surface area contributed by atoms with Gasteiger partial charge in [0, 0.05) is 11.0 Å². The van der Waals surface area contributed by atoms with E-state index in [4.69, 9.17) is 18.0 Å². The van der Waals surface area contributed by atoms with Crippen molar-refractivity contribution >= 4 is 39.0 Å². The second kappa shape index (κ2) is 6.85. The highest BCUT2D eigenvalue weighted by Gasteiger charge is 2.18. The van der Waals surface area contributed by atoms with Crippen LogP contribution >= 0.6 is 28.1 Å². The maximum Gasteiger partial charge on any atom is 0.255 e. The standard InChI is InChI=1S/C13H17BrN2OS/c1-3-6-16(8-12(15)18)13(17)10-7-9(2)4-5-11(10)14/h4-5,7H,3,6,8H2,1-2H3,(H2,15,18). The van der Waals surface area contributed by atoms with Crippen LogP contribution in [0.4, 0.5) is 0 Å². The van der Waals surface area contributed by atoms with Gasteiger partial charge in [0.25, 0.3) is 5.91 Å². The first kappa shape index (κ1) is 15.1. The van der Waals surface area contributed by atoms with Gasteiger partial charge in [0.2, 0.25) is 0 Å². The SMILES string of the molecule is CCCN(CC(N)=S)C(=O)c1cc(C)ccc1Br. The number of nitrogens with two attached hydrogens (primary N) is 1. The van der Waals surface area contributed by atoms with E-state index in [2.05, 4.69) is 15.9 Å². The fourth-order valence-electron chi connectivity index (χ4n) is 1.68. The number of aryl methyl sites for hydroxylation is 1. The smallest absolute Gasteiger partial charge is 0.255 e. The molecule has 0 radical (unpaired) electrons. The maximum atomic E-state index is 12.4. The van der Waals surface area contributed by atoms with Crippen molar-refractivity contribution in [2.24, 2.45) is 5.73 Å². The Hall–Kier alpha value is -0.940. The van der Waals surface area contributed by atoms with Crippen molar-refractivity contribution < 1.29 is 4.79 Å². The van der Waals surface area contributed by atoms with Crippen LogP contribution in [0.15, 0.2) is 22.7 Å². The fourth-order valence-corrected chi connectivity index (χ4v) is 2.26. The lowest BCUT2D eigenvalue weighted by atomic mass is 10.1. The molecule has 3 nitrogen and oxygen atoms in total. The summed E-state index contributed by atoms with van der Waals surface area (Å²) >= 11 is 8.29. The third-order valence-corrected chi connectivity index (χ3v) is 3.30. The molecule has 1 rings (SSSR count). The van der Waals surface area contributed by atoms with E-state index in [0.717, 1.165) is 16.5 Å².